The minimum absolute atomic E-state index is 0.220. The Kier molecular flexibility index (Phi) is 4.40. The van der Waals surface area contributed by atoms with E-state index in [0.717, 1.165) is 5.56 Å². The van der Waals surface area contributed by atoms with Crippen LogP contribution in [0, 0.1) is 5.82 Å². The monoisotopic (exact) mass is 291 g/mol. The summed E-state index contributed by atoms with van der Waals surface area (Å²) < 4.78 is 13.2. The molecule has 1 amide bonds. The molecule has 20 heavy (non-hydrogen) atoms. The van der Waals surface area contributed by atoms with Gasteiger partial charge in [-0.3, -0.25) is 4.79 Å². The Morgan fingerprint density at radius 2 is 1.90 bits per heavy atom. The normalized spacial score (nSPS) is 13.6. The highest BCUT2D eigenvalue weighted by atomic mass is 35.5. The number of halogens is 2. The van der Waals surface area contributed by atoms with Crippen molar-refractivity contribution >= 4 is 17.5 Å². The van der Waals surface area contributed by atoms with E-state index in [1.807, 2.05) is 37.3 Å². The Morgan fingerprint density at radius 3 is 2.50 bits per heavy atom. The fourth-order valence-corrected chi connectivity index (χ4v) is 2.16. The van der Waals surface area contributed by atoms with Crippen LogP contribution < -0.4 is 5.32 Å². The van der Waals surface area contributed by atoms with Crippen molar-refractivity contribution in [1.82, 2.24) is 5.32 Å². The van der Waals surface area contributed by atoms with E-state index < -0.39 is 11.4 Å². The van der Waals surface area contributed by atoms with E-state index in [-0.39, 0.29) is 17.4 Å². The van der Waals surface area contributed by atoms with E-state index >= 15 is 0 Å². The molecule has 0 radical (unpaired) electrons. The number of alkyl halides is 1. The number of carbonyl (C=O) groups excluding carboxylic acids is 1. The van der Waals surface area contributed by atoms with Crippen LogP contribution in [0.4, 0.5) is 4.39 Å². The number of hydrogen-bond donors (Lipinski definition) is 1. The van der Waals surface area contributed by atoms with Gasteiger partial charge in [0, 0.05) is 11.4 Å². The number of rotatable bonds is 4. The molecule has 0 aliphatic rings. The molecule has 0 fully saturated rings. The fraction of sp³-hybridized carbons (Fsp3) is 0.188. The first-order chi connectivity index (χ1) is 9.55. The van der Waals surface area contributed by atoms with Crippen molar-refractivity contribution in [2.45, 2.75) is 12.5 Å². The van der Waals surface area contributed by atoms with Crippen LogP contribution in [0.2, 0.25) is 0 Å². The van der Waals surface area contributed by atoms with E-state index in [9.17, 15) is 9.18 Å². The van der Waals surface area contributed by atoms with Crippen LogP contribution in [0.3, 0.4) is 0 Å². The second kappa shape index (κ2) is 6.06. The first-order valence-corrected chi connectivity index (χ1v) is 6.78. The molecule has 0 saturated heterocycles. The van der Waals surface area contributed by atoms with Crippen molar-refractivity contribution in [1.29, 1.82) is 0 Å². The predicted octanol–water partition coefficient (Wildman–Crippen LogP) is 3.71. The summed E-state index contributed by atoms with van der Waals surface area (Å²) in [5.41, 5.74) is 0.476. The Labute approximate surface area is 122 Å². The standard InChI is InChI=1S/C16H15ClFNO/c1-16(11-17,13-7-3-2-4-8-13)19-15(20)12-6-5-9-14(18)10-12/h2-10H,11H2,1H3,(H,19,20). The largest absolute Gasteiger partial charge is 0.342 e. The number of carbonyl (C=O) groups is 1. The summed E-state index contributed by atoms with van der Waals surface area (Å²) in [6.45, 7) is 1.84. The molecule has 0 aliphatic heterocycles. The summed E-state index contributed by atoms with van der Waals surface area (Å²) in [5, 5.41) is 2.87. The van der Waals surface area contributed by atoms with Crippen LogP contribution in [0.15, 0.2) is 54.6 Å². The van der Waals surface area contributed by atoms with Crippen molar-refractivity contribution in [3.05, 3.63) is 71.5 Å². The van der Waals surface area contributed by atoms with E-state index in [1.165, 1.54) is 18.2 Å². The second-order valence-corrected chi connectivity index (χ2v) is 5.06. The molecular formula is C16H15ClFNO. The molecule has 0 aromatic heterocycles. The van der Waals surface area contributed by atoms with Gasteiger partial charge < -0.3 is 5.32 Å². The van der Waals surface area contributed by atoms with Gasteiger partial charge in [0.15, 0.2) is 0 Å². The molecule has 2 rings (SSSR count). The zero-order valence-corrected chi connectivity index (χ0v) is 11.8. The molecule has 2 nitrogen and oxygen atoms in total. The van der Waals surface area contributed by atoms with Crippen LogP contribution >= 0.6 is 11.6 Å². The molecule has 104 valence electrons. The van der Waals surface area contributed by atoms with Gasteiger partial charge in [-0.15, -0.1) is 11.6 Å². The number of hydrogen-bond acceptors (Lipinski definition) is 1. The Bertz CT molecular complexity index is 602. The maximum atomic E-state index is 13.2. The van der Waals surface area contributed by atoms with Crippen molar-refractivity contribution in [2.24, 2.45) is 0 Å². The molecule has 4 heteroatoms. The second-order valence-electron chi connectivity index (χ2n) is 4.80. The molecule has 0 spiro atoms. The average Bonchev–Trinajstić information content (AvgIpc) is 2.48. The van der Waals surface area contributed by atoms with Crippen LogP contribution in [0.25, 0.3) is 0 Å². The molecule has 1 unspecified atom stereocenters. The fourth-order valence-electron chi connectivity index (χ4n) is 1.94. The lowest BCUT2D eigenvalue weighted by Crippen LogP contribution is -2.45. The number of amides is 1. The Balaban J connectivity index is 2.24. The van der Waals surface area contributed by atoms with Crippen LogP contribution in [0.5, 0.6) is 0 Å². The molecule has 0 aliphatic carbocycles. The summed E-state index contributed by atoms with van der Waals surface area (Å²) >= 11 is 6.02. The third-order valence-electron chi connectivity index (χ3n) is 3.15. The molecule has 2 aromatic rings. The van der Waals surface area contributed by atoms with Gasteiger partial charge in [0.2, 0.25) is 0 Å². The van der Waals surface area contributed by atoms with E-state index in [4.69, 9.17) is 11.6 Å². The third kappa shape index (κ3) is 3.17. The zero-order valence-electron chi connectivity index (χ0n) is 11.1. The minimum atomic E-state index is -0.702. The first kappa shape index (κ1) is 14.5. The zero-order chi connectivity index (χ0) is 14.6. The van der Waals surface area contributed by atoms with Crippen LogP contribution in [0.1, 0.15) is 22.8 Å². The highest BCUT2D eigenvalue weighted by molar-refractivity contribution is 6.19. The van der Waals surface area contributed by atoms with Gasteiger partial charge in [0.05, 0.1) is 5.54 Å². The van der Waals surface area contributed by atoms with Crippen molar-refractivity contribution in [2.75, 3.05) is 5.88 Å². The van der Waals surface area contributed by atoms with Crippen molar-refractivity contribution in [3.8, 4) is 0 Å². The molecule has 0 heterocycles. The summed E-state index contributed by atoms with van der Waals surface area (Å²) in [7, 11) is 0. The molecule has 1 N–H and O–H groups in total. The SMILES string of the molecule is CC(CCl)(NC(=O)c1cccc(F)c1)c1ccccc1. The maximum Gasteiger partial charge on any atom is 0.252 e. The van der Waals surface area contributed by atoms with Gasteiger partial charge in [-0.05, 0) is 30.7 Å². The van der Waals surface area contributed by atoms with Crippen LogP contribution in [-0.4, -0.2) is 11.8 Å². The van der Waals surface area contributed by atoms with Crippen molar-refractivity contribution in [3.63, 3.8) is 0 Å². The number of benzene rings is 2. The summed E-state index contributed by atoms with van der Waals surface area (Å²) in [5.74, 6) is -0.570. The molecule has 0 bridgehead atoms. The highest BCUT2D eigenvalue weighted by Crippen LogP contribution is 2.22. The van der Waals surface area contributed by atoms with Crippen LogP contribution in [-0.2, 0) is 5.54 Å². The summed E-state index contributed by atoms with van der Waals surface area (Å²) in [6.07, 6.45) is 0. The maximum absolute atomic E-state index is 13.2. The van der Waals surface area contributed by atoms with Gasteiger partial charge >= 0.3 is 0 Å². The lowest BCUT2D eigenvalue weighted by atomic mass is 9.93. The summed E-state index contributed by atoms with van der Waals surface area (Å²) in [6, 6.07) is 15.0. The number of nitrogens with one attached hydrogen (secondary N) is 1. The smallest absolute Gasteiger partial charge is 0.252 e. The third-order valence-corrected chi connectivity index (χ3v) is 3.69. The molecule has 1 atom stereocenters. The first-order valence-electron chi connectivity index (χ1n) is 6.25. The lowest BCUT2D eigenvalue weighted by Gasteiger charge is -2.29. The summed E-state index contributed by atoms with van der Waals surface area (Å²) in [4.78, 5) is 12.2. The van der Waals surface area contributed by atoms with E-state index in [2.05, 4.69) is 5.32 Å². The molecule has 0 saturated carbocycles. The van der Waals surface area contributed by atoms with Gasteiger partial charge in [0.1, 0.15) is 5.82 Å². The van der Waals surface area contributed by atoms with E-state index in [1.54, 1.807) is 6.07 Å². The predicted molar refractivity (Wildman–Crippen MR) is 78.4 cm³/mol. The van der Waals surface area contributed by atoms with Gasteiger partial charge in [0.25, 0.3) is 5.91 Å². The molecule has 2 aromatic carbocycles. The lowest BCUT2D eigenvalue weighted by molar-refractivity contribution is 0.0912. The van der Waals surface area contributed by atoms with Gasteiger partial charge in [-0.1, -0.05) is 36.4 Å². The Morgan fingerprint density at radius 1 is 1.20 bits per heavy atom. The van der Waals surface area contributed by atoms with E-state index in [0.29, 0.717) is 0 Å². The molecular weight excluding hydrogens is 277 g/mol. The minimum Gasteiger partial charge on any atom is -0.342 e. The van der Waals surface area contributed by atoms with Gasteiger partial charge in [-0.2, -0.15) is 0 Å². The van der Waals surface area contributed by atoms with Gasteiger partial charge in [-0.25, -0.2) is 4.39 Å². The quantitative estimate of drug-likeness (QED) is 0.855. The average molecular weight is 292 g/mol. The van der Waals surface area contributed by atoms with Crippen molar-refractivity contribution < 1.29 is 9.18 Å². The topological polar surface area (TPSA) is 29.1 Å². The highest BCUT2D eigenvalue weighted by Gasteiger charge is 2.28. The Hall–Kier alpha value is -1.87.